The van der Waals surface area contributed by atoms with Crippen molar-refractivity contribution in [3.63, 3.8) is 0 Å². The Kier molecular flexibility index (Phi) is 4.05. The maximum Gasteiger partial charge on any atom is 0.331 e. The zero-order valence-electron chi connectivity index (χ0n) is 10.7. The average Bonchev–Trinajstić information content (AvgIpc) is 2.38. The van der Waals surface area contributed by atoms with Crippen LogP contribution >= 0.6 is 11.6 Å². The highest BCUT2D eigenvalue weighted by Gasteiger charge is 2.25. The fraction of sp³-hybridized carbons (Fsp3) is 0.333. The standard InChI is InChI=1S/C15H15ClO3/c1-9-8-10(16)6-7-11(9)14(17)12-4-2-3-5-13(12)15(18)19/h6-8H,2-5H2,1H3,(H,18,19). The normalized spacial score (nSPS) is 15.5. The molecule has 0 unspecified atom stereocenters. The van der Waals surface area contributed by atoms with Gasteiger partial charge in [0.25, 0.3) is 0 Å². The minimum Gasteiger partial charge on any atom is -0.478 e. The van der Waals surface area contributed by atoms with E-state index in [1.165, 1.54) is 0 Å². The molecular formula is C15H15ClO3. The molecule has 1 aromatic carbocycles. The Bertz CT molecular complexity index is 573. The van der Waals surface area contributed by atoms with E-state index >= 15 is 0 Å². The molecule has 1 aromatic rings. The predicted molar refractivity (Wildman–Crippen MR) is 73.6 cm³/mol. The van der Waals surface area contributed by atoms with Crippen LogP contribution in [0.3, 0.4) is 0 Å². The van der Waals surface area contributed by atoms with Crippen LogP contribution < -0.4 is 0 Å². The van der Waals surface area contributed by atoms with Gasteiger partial charge in [-0.2, -0.15) is 0 Å². The summed E-state index contributed by atoms with van der Waals surface area (Å²) in [6.07, 6.45) is 2.72. The molecule has 1 N–H and O–H groups in total. The number of hydrogen-bond acceptors (Lipinski definition) is 2. The molecule has 1 aliphatic carbocycles. The van der Waals surface area contributed by atoms with E-state index in [2.05, 4.69) is 0 Å². The van der Waals surface area contributed by atoms with Crippen LogP contribution in [0, 0.1) is 6.92 Å². The minimum absolute atomic E-state index is 0.175. The Hall–Kier alpha value is -1.61. The fourth-order valence-electron chi connectivity index (χ4n) is 2.44. The third-order valence-electron chi connectivity index (χ3n) is 3.43. The summed E-state index contributed by atoms with van der Waals surface area (Å²) in [6.45, 7) is 1.81. The Morgan fingerprint density at radius 2 is 1.79 bits per heavy atom. The maximum absolute atomic E-state index is 12.5. The summed E-state index contributed by atoms with van der Waals surface area (Å²) in [7, 11) is 0. The average molecular weight is 279 g/mol. The number of hydrogen-bond donors (Lipinski definition) is 1. The van der Waals surface area contributed by atoms with E-state index in [1.807, 2.05) is 6.92 Å². The maximum atomic E-state index is 12.5. The van der Waals surface area contributed by atoms with Crippen molar-refractivity contribution in [2.24, 2.45) is 0 Å². The predicted octanol–water partition coefficient (Wildman–Crippen LogP) is 3.79. The van der Waals surface area contributed by atoms with Crippen molar-refractivity contribution in [1.82, 2.24) is 0 Å². The van der Waals surface area contributed by atoms with Gasteiger partial charge in [-0.15, -0.1) is 0 Å². The van der Waals surface area contributed by atoms with Crippen molar-refractivity contribution in [3.05, 3.63) is 45.5 Å². The lowest BCUT2D eigenvalue weighted by atomic mass is 9.86. The number of rotatable bonds is 3. The van der Waals surface area contributed by atoms with Gasteiger partial charge in [-0.05, 0) is 56.4 Å². The first kappa shape index (κ1) is 13.8. The van der Waals surface area contributed by atoms with Gasteiger partial charge in [0.1, 0.15) is 0 Å². The summed E-state index contributed by atoms with van der Waals surface area (Å²) in [5.41, 5.74) is 2.04. The van der Waals surface area contributed by atoms with Crippen LogP contribution in [0.15, 0.2) is 29.3 Å². The molecule has 0 atom stereocenters. The Morgan fingerprint density at radius 3 is 2.37 bits per heavy atom. The zero-order chi connectivity index (χ0) is 14.0. The second-order valence-corrected chi connectivity index (χ2v) is 5.19. The molecule has 19 heavy (non-hydrogen) atoms. The second kappa shape index (κ2) is 5.57. The quantitative estimate of drug-likeness (QED) is 0.856. The van der Waals surface area contributed by atoms with Crippen molar-refractivity contribution < 1.29 is 14.7 Å². The number of aryl methyl sites for hydroxylation is 1. The highest BCUT2D eigenvalue weighted by Crippen LogP contribution is 2.29. The van der Waals surface area contributed by atoms with Crippen molar-refractivity contribution in [1.29, 1.82) is 0 Å². The monoisotopic (exact) mass is 278 g/mol. The highest BCUT2D eigenvalue weighted by molar-refractivity contribution is 6.30. The molecule has 4 heteroatoms. The number of allylic oxidation sites excluding steroid dienone is 1. The van der Waals surface area contributed by atoms with Crippen LogP contribution in [0.5, 0.6) is 0 Å². The van der Waals surface area contributed by atoms with E-state index < -0.39 is 5.97 Å². The SMILES string of the molecule is Cc1cc(Cl)ccc1C(=O)C1=C(C(=O)O)CCCC1. The summed E-state index contributed by atoms with van der Waals surface area (Å²) in [6, 6.07) is 5.05. The lowest BCUT2D eigenvalue weighted by molar-refractivity contribution is -0.133. The summed E-state index contributed by atoms with van der Waals surface area (Å²) >= 11 is 5.87. The fourth-order valence-corrected chi connectivity index (χ4v) is 2.66. The van der Waals surface area contributed by atoms with Gasteiger partial charge in [0, 0.05) is 21.7 Å². The molecule has 0 bridgehead atoms. The number of aliphatic carboxylic acids is 1. The molecule has 100 valence electrons. The van der Waals surface area contributed by atoms with Gasteiger partial charge in [-0.3, -0.25) is 4.79 Å². The lowest BCUT2D eigenvalue weighted by Gasteiger charge is -2.17. The van der Waals surface area contributed by atoms with Crippen LogP contribution in [0.2, 0.25) is 5.02 Å². The minimum atomic E-state index is -0.977. The van der Waals surface area contributed by atoms with E-state index in [0.717, 1.165) is 18.4 Å². The summed E-state index contributed by atoms with van der Waals surface area (Å²) < 4.78 is 0. The third kappa shape index (κ3) is 2.87. The number of carboxylic acids is 1. The number of benzene rings is 1. The number of halogens is 1. The number of carbonyl (C=O) groups excluding carboxylic acids is 1. The molecule has 1 aliphatic rings. The zero-order valence-corrected chi connectivity index (χ0v) is 11.5. The molecule has 3 nitrogen and oxygen atoms in total. The molecule has 0 radical (unpaired) electrons. The van der Waals surface area contributed by atoms with Crippen molar-refractivity contribution in [2.45, 2.75) is 32.6 Å². The Labute approximate surface area is 116 Å². The van der Waals surface area contributed by atoms with Gasteiger partial charge in [0.15, 0.2) is 5.78 Å². The first-order chi connectivity index (χ1) is 9.00. The summed E-state index contributed by atoms with van der Waals surface area (Å²) in [5.74, 6) is -1.15. The van der Waals surface area contributed by atoms with Crippen LogP contribution in [0.25, 0.3) is 0 Å². The molecule has 0 spiro atoms. The first-order valence-electron chi connectivity index (χ1n) is 6.27. The molecule has 0 saturated heterocycles. The van der Waals surface area contributed by atoms with Gasteiger partial charge >= 0.3 is 5.97 Å². The van der Waals surface area contributed by atoms with E-state index in [1.54, 1.807) is 18.2 Å². The number of carboxylic acid groups (broad SMARTS) is 1. The van der Waals surface area contributed by atoms with Gasteiger partial charge in [0.2, 0.25) is 0 Å². The molecule has 0 heterocycles. The van der Waals surface area contributed by atoms with Crippen LogP contribution in [0.4, 0.5) is 0 Å². The van der Waals surface area contributed by atoms with Crippen LogP contribution in [-0.2, 0) is 4.79 Å². The molecule has 0 saturated carbocycles. The molecule has 0 aliphatic heterocycles. The first-order valence-corrected chi connectivity index (χ1v) is 6.64. The van der Waals surface area contributed by atoms with Crippen molar-refractivity contribution in [3.8, 4) is 0 Å². The van der Waals surface area contributed by atoms with E-state index in [0.29, 0.717) is 29.0 Å². The van der Waals surface area contributed by atoms with Crippen molar-refractivity contribution in [2.75, 3.05) is 0 Å². The Balaban J connectivity index is 2.45. The van der Waals surface area contributed by atoms with Crippen molar-refractivity contribution >= 4 is 23.4 Å². The molecular weight excluding hydrogens is 264 g/mol. The largest absolute Gasteiger partial charge is 0.478 e. The lowest BCUT2D eigenvalue weighted by Crippen LogP contribution is -2.16. The number of ketones is 1. The Morgan fingerprint density at radius 1 is 1.16 bits per heavy atom. The molecule has 2 rings (SSSR count). The summed E-state index contributed by atoms with van der Waals surface area (Å²) in [4.78, 5) is 23.7. The smallest absolute Gasteiger partial charge is 0.331 e. The summed E-state index contributed by atoms with van der Waals surface area (Å²) in [5, 5.41) is 9.76. The number of Topliss-reactive ketones (excluding diaryl/α,β-unsaturated/α-hetero) is 1. The van der Waals surface area contributed by atoms with E-state index in [9.17, 15) is 14.7 Å². The second-order valence-electron chi connectivity index (χ2n) is 4.76. The molecule has 0 amide bonds. The van der Waals surface area contributed by atoms with Gasteiger partial charge in [-0.25, -0.2) is 4.79 Å². The van der Waals surface area contributed by atoms with Gasteiger partial charge < -0.3 is 5.11 Å². The number of carbonyl (C=O) groups is 2. The van der Waals surface area contributed by atoms with E-state index in [-0.39, 0.29) is 11.4 Å². The van der Waals surface area contributed by atoms with Crippen LogP contribution in [0.1, 0.15) is 41.6 Å². The van der Waals surface area contributed by atoms with Gasteiger partial charge in [0.05, 0.1) is 0 Å². The molecule has 0 fully saturated rings. The highest BCUT2D eigenvalue weighted by atomic mass is 35.5. The third-order valence-corrected chi connectivity index (χ3v) is 3.67. The topological polar surface area (TPSA) is 54.4 Å². The van der Waals surface area contributed by atoms with Crippen LogP contribution in [-0.4, -0.2) is 16.9 Å². The molecule has 0 aromatic heterocycles. The van der Waals surface area contributed by atoms with E-state index in [4.69, 9.17) is 11.6 Å². The van der Waals surface area contributed by atoms with Gasteiger partial charge in [-0.1, -0.05) is 11.6 Å².